The van der Waals surface area contributed by atoms with Gasteiger partial charge in [-0.05, 0) is 32.6 Å². The van der Waals surface area contributed by atoms with Gasteiger partial charge in [0.1, 0.15) is 0 Å². The molecule has 2 rings (SSSR count). The fraction of sp³-hybridized carbons (Fsp3) is 0.667. The van der Waals surface area contributed by atoms with E-state index in [0.29, 0.717) is 18.5 Å². The summed E-state index contributed by atoms with van der Waals surface area (Å²) in [7, 11) is 0. The molecule has 0 saturated heterocycles. The van der Waals surface area contributed by atoms with Gasteiger partial charge in [-0.15, -0.1) is 0 Å². The Morgan fingerprint density at radius 1 is 1.22 bits per heavy atom. The largest absolute Gasteiger partial charge is 0.344 e. The first-order valence-corrected chi connectivity index (χ1v) is 7.03. The topological polar surface area (TPSA) is 48.0 Å². The second-order valence-corrected chi connectivity index (χ2v) is 5.54. The maximum absolute atomic E-state index is 11.5. The molecule has 3 nitrogen and oxygen atoms in total. The van der Waals surface area contributed by atoms with Crippen molar-refractivity contribution in [3.8, 4) is 0 Å². The quantitative estimate of drug-likeness (QED) is 0.893. The molecular weight excluding hydrogens is 224 g/mol. The number of rotatable bonds is 3. The Balaban J connectivity index is 2.34. The molecule has 1 atom stereocenters. The number of aromatic nitrogens is 1. The van der Waals surface area contributed by atoms with Crippen LogP contribution in [0.5, 0.6) is 0 Å². The highest BCUT2D eigenvalue weighted by atomic mass is 16.1. The molecule has 0 aromatic carbocycles. The van der Waals surface area contributed by atoms with Crippen molar-refractivity contribution in [1.82, 2.24) is 4.57 Å². The summed E-state index contributed by atoms with van der Waals surface area (Å²) in [4.78, 5) is 11.5. The highest BCUT2D eigenvalue weighted by Gasteiger charge is 2.25. The van der Waals surface area contributed by atoms with Crippen LogP contribution in [0.1, 0.15) is 49.5 Å². The lowest BCUT2D eigenvalue weighted by Gasteiger charge is -2.33. The number of nitrogens with zero attached hydrogens (tertiary/aromatic N) is 1. The molecule has 1 saturated carbocycles. The molecule has 3 heteroatoms. The smallest absolute Gasteiger partial charge is 0.182 e. The Bertz CT molecular complexity index is 432. The van der Waals surface area contributed by atoms with E-state index in [9.17, 15) is 4.79 Å². The van der Waals surface area contributed by atoms with E-state index in [0.717, 1.165) is 11.4 Å². The average molecular weight is 248 g/mol. The van der Waals surface area contributed by atoms with Crippen molar-refractivity contribution in [3.63, 3.8) is 0 Å². The molecule has 18 heavy (non-hydrogen) atoms. The molecule has 1 fully saturated rings. The van der Waals surface area contributed by atoms with Crippen LogP contribution in [0.25, 0.3) is 0 Å². The van der Waals surface area contributed by atoms with Crippen LogP contribution in [-0.2, 0) is 0 Å². The van der Waals surface area contributed by atoms with Crippen molar-refractivity contribution >= 4 is 0 Å². The van der Waals surface area contributed by atoms with Crippen LogP contribution < -0.4 is 11.2 Å². The monoisotopic (exact) mass is 248 g/mol. The van der Waals surface area contributed by atoms with E-state index in [1.807, 2.05) is 13.8 Å². The Hall–Kier alpha value is -1.09. The number of pyridine rings is 1. The van der Waals surface area contributed by atoms with Gasteiger partial charge in [-0.25, -0.2) is 0 Å². The fourth-order valence-corrected chi connectivity index (χ4v) is 3.42. The highest BCUT2D eigenvalue weighted by Crippen LogP contribution is 2.33. The predicted molar refractivity (Wildman–Crippen MR) is 74.8 cm³/mol. The van der Waals surface area contributed by atoms with Crippen molar-refractivity contribution < 1.29 is 0 Å². The van der Waals surface area contributed by atoms with Crippen LogP contribution in [-0.4, -0.2) is 11.1 Å². The van der Waals surface area contributed by atoms with E-state index in [1.165, 1.54) is 32.1 Å². The Kier molecular flexibility index (Phi) is 4.23. The number of hydrogen-bond donors (Lipinski definition) is 1. The molecule has 1 unspecified atom stereocenters. The second kappa shape index (κ2) is 5.70. The minimum atomic E-state index is 0.0978. The zero-order valence-electron chi connectivity index (χ0n) is 11.5. The summed E-state index contributed by atoms with van der Waals surface area (Å²) in [5, 5.41) is 0. The molecule has 0 aliphatic heterocycles. The Morgan fingerprint density at radius 2 is 1.78 bits per heavy atom. The molecule has 1 aliphatic rings. The van der Waals surface area contributed by atoms with Crippen LogP contribution in [0.4, 0.5) is 0 Å². The van der Waals surface area contributed by atoms with Crippen LogP contribution in [0.15, 0.2) is 16.9 Å². The van der Waals surface area contributed by atoms with Crippen molar-refractivity contribution in [2.45, 2.75) is 52.0 Å². The van der Waals surface area contributed by atoms with Gasteiger partial charge in [0, 0.05) is 36.1 Å². The molecule has 0 amide bonds. The lowest BCUT2D eigenvalue weighted by Crippen LogP contribution is -2.31. The van der Waals surface area contributed by atoms with E-state index in [-0.39, 0.29) is 5.43 Å². The van der Waals surface area contributed by atoms with Gasteiger partial charge < -0.3 is 10.3 Å². The molecule has 1 aliphatic carbocycles. The third-order valence-corrected chi connectivity index (χ3v) is 4.23. The minimum absolute atomic E-state index is 0.0978. The summed E-state index contributed by atoms with van der Waals surface area (Å²) >= 11 is 0. The van der Waals surface area contributed by atoms with Crippen molar-refractivity contribution in [2.75, 3.05) is 6.54 Å². The molecule has 0 spiro atoms. The maximum Gasteiger partial charge on any atom is 0.182 e. The van der Waals surface area contributed by atoms with Crippen LogP contribution >= 0.6 is 0 Å². The summed E-state index contributed by atoms with van der Waals surface area (Å²) in [6.07, 6.45) is 6.54. The molecule has 1 aromatic heterocycles. The molecule has 100 valence electrons. The van der Waals surface area contributed by atoms with Gasteiger partial charge >= 0.3 is 0 Å². The first-order chi connectivity index (χ1) is 8.63. The molecular formula is C15H24N2O. The maximum atomic E-state index is 11.5. The lowest BCUT2D eigenvalue weighted by molar-refractivity contribution is 0.248. The summed E-state index contributed by atoms with van der Waals surface area (Å²) in [6.45, 7) is 4.69. The SMILES string of the molecule is Cc1cc(=O)cc(C)n1C(CN)C1CCCCC1. The van der Waals surface area contributed by atoms with Gasteiger partial charge in [0.25, 0.3) is 0 Å². The molecule has 0 bridgehead atoms. The zero-order valence-corrected chi connectivity index (χ0v) is 11.5. The van der Waals surface area contributed by atoms with Gasteiger partial charge in [-0.3, -0.25) is 4.79 Å². The van der Waals surface area contributed by atoms with E-state index < -0.39 is 0 Å². The van der Waals surface area contributed by atoms with Gasteiger partial charge in [0.15, 0.2) is 5.43 Å². The standard InChI is InChI=1S/C15H24N2O/c1-11-8-14(18)9-12(2)17(11)15(10-16)13-6-4-3-5-7-13/h8-9,13,15H,3-7,10,16H2,1-2H3. The van der Waals surface area contributed by atoms with Crippen LogP contribution in [0, 0.1) is 19.8 Å². The van der Waals surface area contributed by atoms with Crippen LogP contribution in [0.3, 0.4) is 0 Å². The van der Waals surface area contributed by atoms with Crippen LogP contribution in [0.2, 0.25) is 0 Å². The van der Waals surface area contributed by atoms with E-state index in [4.69, 9.17) is 5.73 Å². The average Bonchev–Trinajstić information content (AvgIpc) is 2.34. The summed E-state index contributed by atoms with van der Waals surface area (Å²) in [6, 6.07) is 3.79. The van der Waals surface area contributed by atoms with E-state index in [2.05, 4.69) is 4.57 Å². The Labute approximate surface area is 109 Å². The molecule has 1 aromatic rings. The third-order valence-electron chi connectivity index (χ3n) is 4.23. The summed E-state index contributed by atoms with van der Waals surface area (Å²) in [5.74, 6) is 0.670. The minimum Gasteiger partial charge on any atom is -0.344 e. The van der Waals surface area contributed by atoms with Gasteiger partial charge in [0.2, 0.25) is 0 Å². The van der Waals surface area contributed by atoms with E-state index >= 15 is 0 Å². The highest BCUT2D eigenvalue weighted by molar-refractivity contribution is 5.14. The molecule has 2 N–H and O–H groups in total. The third kappa shape index (κ3) is 2.66. The number of nitrogens with two attached hydrogens (primary N) is 1. The number of hydrogen-bond acceptors (Lipinski definition) is 2. The second-order valence-electron chi connectivity index (χ2n) is 5.54. The van der Waals surface area contributed by atoms with Crippen molar-refractivity contribution in [2.24, 2.45) is 11.7 Å². The van der Waals surface area contributed by atoms with Crippen molar-refractivity contribution in [3.05, 3.63) is 33.7 Å². The Morgan fingerprint density at radius 3 is 2.28 bits per heavy atom. The normalized spacial score (nSPS) is 18.8. The van der Waals surface area contributed by atoms with Crippen molar-refractivity contribution in [1.29, 1.82) is 0 Å². The number of aryl methyl sites for hydroxylation is 2. The zero-order chi connectivity index (χ0) is 13.1. The van der Waals surface area contributed by atoms with Gasteiger partial charge in [-0.2, -0.15) is 0 Å². The summed E-state index contributed by atoms with van der Waals surface area (Å²) < 4.78 is 2.28. The first-order valence-electron chi connectivity index (χ1n) is 7.03. The first kappa shape index (κ1) is 13.3. The molecule has 0 radical (unpaired) electrons. The van der Waals surface area contributed by atoms with E-state index in [1.54, 1.807) is 12.1 Å². The predicted octanol–water partition coefficient (Wildman–Crippen LogP) is 2.55. The van der Waals surface area contributed by atoms with Gasteiger partial charge in [-0.1, -0.05) is 19.3 Å². The fourth-order valence-electron chi connectivity index (χ4n) is 3.42. The molecule has 1 heterocycles. The lowest BCUT2D eigenvalue weighted by atomic mass is 9.83. The van der Waals surface area contributed by atoms with Gasteiger partial charge in [0.05, 0.1) is 0 Å². The summed E-state index contributed by atoms with van der Waals surface area (Å²) in [5.41, 5.74) is 8.20.